The number of hydrogen-bond acceptors (Lipinski definition) is 2. The predicted octanol–water partition coefficient (Wildman–Crippen LogP) is 1.24. The van der Waals surface area contributed by atoms with Crippen LogP contribution in [0.25, 0.3) is 0 Å². The molecule has 0 heterocycles. The second-order valence-corrected chi connectivity index (χ2v) is 3.38. The number of halogens is 1. The summed E-state index contributed by atoms with van der Waals surface area (Å²) in [6, 6.07) is 0.720. The normalized spacial score (nSPS) is 17.9. The summed E-state index contributed by atoms with van der Waals surface area (Å²) in [5, 5.41) is 8.78. The number of allylic oxidation sites excluding steroid dienone is 1. The van der Waals surface area contributed by atoms with Crippen LogP contribution in [0.4, 0.5) is 0 Å². The lowest BCUT2D eigenvalue weighted by Gasteiger charge is -2.18. The summed E-state index contributed by atoms with van der Waals surface area (Å²) >= 11 is 5.50. The minimum atomic E-state index is 0.255. The molecule has 2 nitrogen and oxygen atoms in total. The highest BCUT2D eigenvalue weighted by molar-refractivity contribution is 6.18. The highest BCUT2D eigenvalue weighted by Gasteiger charge is 2.27. The van der Waals surface area contributed by atoms with Crippen molar-refractivity contribution in [3.63, 3.8) is 0 Å². The van der Waals surface area contributed by atoms with Crippen molar-refractivity contribution >= 4 is 11.6 Å². The Kier molecular flexibility index (Phi) is 4.66. The van der Waals surface area contributed by atoms with Gasteiger partial charge in [0, 0.05) is 25.0 Å². The molecule has 1 aliphatic carbocycles. The molecular weight excluding hydrogens is 174 g/mol. The number of rotatable bonds is 6. The van der Waals surface area contributed by atoms with E-state index in [1.165, 1.54) is 12.8 Å². The van der Waals surface area contributed by atoms with Crippen LogP contribution in [0.2, 0.25) is 0 Å². The van der Waals surface area contributed by atoms with Gasteiger partial charge in [-0.3, -0.25) is 4.90 Å². The number of hydrogen-bond donors (Lipinski definition) is 1. The van der Waals surface area contributed by atoms with Gasteiger partial charge < -0.3 is 5.11 Å². The maximum Gasteiger partial charge on any atom is 0.0558 e. The first-order valence-corrected chi connectivity index (χ1v) is 4.97. The standard InChI is InChI=1S/C9H16ClNO/c10-5-1-2-6-11(7-8-12)9-3-4-9/h1-2,9,12H,3-8H2. The smallest absolute Gasteiger partial charge is 0.0558 e. The summed E-state index contributed by atoms with van der Waals surface area (Å²) in [6.45, 7) is 1.97. The molecule has 0 amide bonds. The van der Waals surface area contributed by atoms with Gasteiger partial charge in [-0.2, -0.15) is 0 Å². The van der Waals surface area contributed by atoms with Gasteiger partial charge in [0.1, 0.15) is 0 Å². The maximum absolute atomic E-state index is 8.78. The van der Waals surface area contributed by atoms with Crippen LogP contribution >= 0.6 is 11.6 Å². The molecule has 0 bridgehead atoms. The molecule has 0 aromatic carbocycles. The molecule has 0 unspecified atom stereocenters. The first-order valence-electron chi connectivity index (χ1n) is 4.44. The number of aliphatic hydroxyl groups excluding tert-OH is 1. The summed E-state index contributed by atoms with van der Waals surface area (Å²) in [5.74, 6) is 0.581. The molecule has 0 spiro atoms. The minimum Gasteiger partial charge on any atom is -0.395 e. The van der Waals surface area contributed by atoms with Crippen molar-refractivity contribution in [2.24, 2.45) is 0 Å². The SMILES string of the molecule is OCCN(CC=CCCl)C1CC1. The minimum absolute atomic E-state index is 0.255. The second kappa shape index (κ2) is 5.57. The summed E-state index contributed by atoms with van der Waals surface area (Å²) in [5.41, 5.74) is 0. The summed E-state index contributed by atoms with van der Waals surface area (Å²) < 4.78 is 0. The molecule has 1 N–H and O–H groups in total. The van der Waals surface area contributed by atoms with Crippen LogP contribution in [-0.4, -0.2) is 41.6 Å². The van der Waals surface area contributed by atoms with Crippen molar-refractivity contribution in [3.05, 3.63) is 12.2 Å². The Balaban J connectivity index is 2.18. The molecular formula is C9H16ClNO. The van der Waals surface area contributed by atoms with E-state index in [-0.39, 0.29) is 6.61 Å². The zero-order valence-corrected chi connectivity index (χ0v) is 8.00. The Morgan fingerprint density at radius 3 is 2.67 bits per heavy atom. The average Bonchev–Trinajstić information content (AvgIpc) is 2.86. The van der Waals surface area contributed by atoms with Gasteiger partial charge in [-0.05, 0) is 12.8 Å². The summed E-state index contributed by atoms with van der Waals surface area (Å²) in [6.07, 6.45) is 6.60. The largest absolute Gasteiger partial charge is 0.395 e. The average molecular weight is 190 g/mol. The van der Waals surface area contributed by atoms with E-state index >= 15 is 0 Å². The number of alkyl halides is 1. The molecule has 0 aromatic heterocycles. The van der Waals surface area contributed by atoms with Crippen LogP contribution < -0.4 is 0 Å². The molecule has 1 fully saturated rings. The lowest BCUT2D eigenvalue weighted by Crippen LogP contribution is -2.29. The van der Waals surface area contributed by atoms with Crippen molar-refractivity contribution in [1.29, 1.82) is 0 Å². The zero-order chi connectivity index (χ0) is 8.81. The lowest BCUT2D eigenvalue weighted by atomic mass is 10.4. The highest BCUT2D eigenvalue weighted by Crippen LogP contribution is 2.26. The van der Waals surface area contributed by atoms with Gasteiger partial charge in [-0.1, -0.05) is 12.2 Å². The number of aliphatic hydroxyl groups is 1. The van der Waals surface area contributed by atoms with Crippen molar-refractivity contribution in [1.82, 2.24) is 4.90 Å². The van der Waals surface area contributed by atoms with E-state index in [0.29, 0.717) is 5.88 Å². The molecule has 3 heteroatoms. The summed E-state index contributed by atoms with van der Waals surface area (Å²) in [4.78, 5) is 2.29. The molecule has 0 aromatic rings. The first kappa shape index (κ1) is 10.0. The third-order valence-corrected chi connectivity index (χ3v) is 2.22. The van der Waals surface area contributed by atoms with Gasteiger partial charge in [0.2, 0.25) is 0 Å². The van der Waals surface area contributed by atoms with Crippen LogP contribution in [0.1, 0.15) is 12.8 Å². The third-order valence-electron chi connectivity index (χ3n) is 2.05. The van der Waals surface area contributed by atoms with E-state index in [4.69, 9.17) is 16.7 Å². The van der Waals surface area contributed by atoms with Crippen molar-refractivity contribution < 1.29 is 5.11 Å². The predicted molar refractivity (Wildman–Crippen MR) is 51.5 cm³/mol. The van der Waals surface area contributed by atoms with Gasteiger partial charge in [0.05, 0.1) is 6.61 Å². The van der Waals surface area contributed by atoms with E-state index in [1.807, 2.05) is 6.08 Å². The van der Waals surface area contributed by atoms with Crippen LogP contribution in [0, 0.1) is 0 Å². The van der Waals surface area contributed by atoms with Gasteiger partial charge in [0.15, 0.2) is 0 Å². The highest BCUT2D eigenvalue weighted by atomic mass is 35.5. The molecule has 0 radical (unpaired) electrons. The second-order valence-electron chi connectivity index (χ2n) is 3.08. The first-order chi connectivity index (χ1) is 5.88. The Bertz CT molecular complexity index is 145. The Hall–Kier alpha value is -0.0500. The van der Waals surface area contributed by atoms with Gasteiger partial charge >= 0.3 is 0 Å². The fourth-order valence-corrected chi connectivity index (χ4v) is 1.39. The van der Waals surface area contributed by atoms with Crippen LogP contribution in [0.15, 0.2) is 12.2 Å². The summed E-state index contributed by atoms with van der Waals surface area (Å²) in [7, 11) is 0. The molecule has 70 valence electrons. The topological polar surface area (TPSA) is 23.5 Å². The van der Waals surface area contributed by atoms with Crippen LogP contribution in [0.5, 0.6) is 0 Å². The molecule has 1 aliphatic rings. The van der Waals surface area contributed by atoms with Crippen LogP contribution in [-0.2, 0) is 0 Å². The number of nitrogens with zero attached hydrogens (tertiary/aromatic N) is 1. The van der Waals surface area contributed by atoms with E-state index in [0.717, 1.165) is 19.1 Å². The van der Waals surface area contributed by atoms with Gasteiger partial charge in [0.25, 0.3) is 0 Å². The van der Waals surface area contributed by atoms with Crippen molar-refractivity contribution in [3.8, 4) is 0 Å². The van der Waals surface area contributed by atoms with E-state index in [2.05, 4.69) is 11.0 Å². The Morgan fingerprint density at radius 2 is 2.17 bits per heavy atom. The Labute approximate surface area is 78.8 Å². The van der Waals surface area contributed by atoms with E-state index < -0.39 is 0 Å². The van der Waals surface area contributed by atoms with E-state index in [9.17, 15) is 0 Å². The maximum atomic E-state index is 8.78. The molecule has 1 saturated carbocycles. The molecule has 0 atom stereocenters. The molecule has 1 rings (SSSR count). The molecule has 12 heavy (non-hydrogen) atoms. The Morgan fingerprint density at radius 1 is 1.42 bits per heavy atom. The molecule has 0 saturated heterocycles. The lowest BCUT2D eigenvalue weighted by molar-refractivity contribution is 0.202. The quantitative estimate of drug-likeness (QED) is 0.502. The van der Waals surface area contributed by atoms with Gasteiger partial charge in [-0.15, -0.1) is 11.6 Å². The fraction of sp³-hybridized carbons (Fsp3) is 0.778. The van der Waals surface area contributed by atoms with Crippen LogP contribution in [0.3, 0.4) is 0 Å². The van der Waals surface area contributed by atoms with E-state index in [1.54, 1.807) is 0 Å². The van der Waals surface area contributed by atoms with Crippen molar-refractivity contribution in [2.45, 2.75) is 18.9 Å². The molecule has 0 aliphatic heterocycles. The third kappa shape index (κ3) is 3.57. The van der Waals surface area contributed by atoms with Gasteiger partial charge in [-0.25, -0.2) is 0 Å². The zero-order valence-electron chi connectivity index (χ0n) is 7.25. The monoisotopic (exact) mass is 189 g/mol. The fourth-order valence-electron chi connectivity index (χ4n) is 1.26. The van der Waals surface area contributed by atoms with Crippen molar-refractivity contribution in [2.75, 3.05) is 25.6 Å².